The third-order valence-corrected chi connectivity index (χ3v) is 4.22. The Balaban J connectivity index is 1.82. The number of hydrogen-bond donors (Lipinski definition) is 1. The number of carbonyl (C=O) groups excluding carboxylic acids is 1. The van der Waals surface area contributed by atoms with Crippen molar-refractivity contribution in [3.05, 3.63) is 72.1 Å². The molecule has 0 spiro atoms. The van der Waals surface area contributed by atoms with E-state index in [0.717, 1.165) is 24.8 Å². The van der Waals surface area contributed by atoms with Gasteiger partial charge in [-0.25, -0.2) is 0 Å². The van der Waals surface area contributed by atoms with Gasteiger partial charge >= 0.3 is 0 Å². The lowest BCUT2D eigenvalue weighted by Gasteiger charge is -2.04. The van der Waals surface area contributed by atoms with Crippen LogP contribution in [0.4, 0.5) is 5.82 Å². The number of amides is 1. The van der Waals surface area contributed by atoms with Gasteiger partial charge < -0.3 is 9.73 Å². The summed E-state index contributed by atoms with van der Waals surface area (Å²) in [7, 11) is 0. The summed E-state index contributed by atoms with van der Waals surface area (Å²) in [6, 6.07) is 18.9. The van der Waals surface area contributed by atoms with Gasteiger partial charge in [-0.2, -0.15) is 4.98 Å². The first kappa shape index (κ1) is 17.9. The highest BCUT2D eigenvalue weighted by atomic mass is 16.4. The van der Waals surface area contributed by atoms with Crippen molar-refractivity contribution in [1.82, 2.24) is 4.98 Å². The van der Waals surface area contributed by atoms with Crippen LogP contribution in [0.1, 0.15) is 48.9 Å². The summed E-state index contributed by atoms with van der Waals surface area (Å²) in [5.41, 5.74) is 1.50. The predicted molar refractivity (Wildman–Crippen MR) is 104 cm³/mol. The van der Waals surface area contributed by atoms with Crippen LogP contribution >= 0.6 is 0 Å². The molecule has 0 bridgehead atoms. The van der Waals surface area contributed by atoms with Crippen LogP contribution in [0.15, 0.2) is 65.1 Å². The highest BCUT2D eigenvalue weighted by Crippen LogP contribution is 2.29. The van der Waals surface area contributed by atoms with Crippen LogP contribution in [-0.2, 0) is 6.42 Å². The minimum Gasteiger partial charge on any atom is -0.438 e. The Morgan fingerprint density at radius 2 is 1.65 bits per heavy atom. The van der Waals surface area contributed by atoms with E-state index in [0.29, 0.717) is 23.0 Å². The zero-order chi connectivity index (χ0) is 18.2. The van der Waals surface area contributed by atoms with Crippen molar-refractivity contribution in [2.75, 3.05) is 5.32 Å². The Morgan fingerprint density at radius 1 is 0.962 bits per heavy atom. The fraction of sp³-hybridized carbons (Fsp3) is 0.273. The number of rotatable bonds is 8. The third kappa shape index (κ3) is 4.60. The number of aryl methyl sites for hydroxylation is 1. The number of hydrogen-bond acceptors (Lipinski definition) is 3. The molecular weight excluding hydrogens is 324 g/mol. The standard InChI is InChI=1S/C22H24N2O2/c1-2-3-4-11-16-19-23-21(20(26-19)17-12-7-5-8-13-17)24-22(25)18-14-9-6-10-15-18/h5-10,12-15H,2-4,11,16H2,1H3,(H,24,25). The maximum absolute atomic E-state index is 12.5. The van der Waals surface area contributed by atoms with Crippen LogP contribution in [-0.4, -0.2) is 10.9 Å². The lowest BCUT2D eigenvalue weighted by Crippen LogP contribution is -2.12. The van der Waals surface area contributed by atoms with Crippen LogP contribution < -0.4 is 5.32 Å². The second kappa shape index (κ2) is 8.99. The van der Waals surface area contributed by atoms with Gasteiger partial charge in [0.2, 0.25) is 0 Å². The van der Waals surface area contributed by atoms with Crippen LogP contribution in [0.25, 0.3) is 11.3 Å². The number of carbonyl (C=O) groups is 1. The lowest BCUT2D eigenvalue weighted by atomic mass is 10.1. The molecule has 0 atom stereocenters. The Bertz CT molecular complexity index is 826. The molecular formula is C22H24N2O2. The number of benzene rings is 2. The molecule has 0 saturated carbocycles. The Hall–Kier alpha value is -2.88. The molecule has 26 heavy (non-hydrogen) atoms. The van der Waals surface area contributed by atoms with Crippen LogP contribution in [0.2, 0.25) is 0 Å². The van der Waals surface area contributed by atoms with E-state index in [1.807, 2.05) is 48.5 Å². The topological polar surface area (TPSA) is 55.1 Å². The Kier molecular flexibility index (Phi) is 6.20. The molecule has 1 heterocycles. The maximum Gasteiger partial charge on any atom is 0.256 e. The summed E-state index contributed by atoms with van der Waals surface area (Å²) in [5.74, 6) is 1.58. The quantitative estimate of drug-likeness (QED) is 0.530. The van der Waals surface area contributed by atoms with Crippen LogP contribution in [0.5, 0.6) is 0 Å². The van der Waals surface area contributed by atoms with Crippen LogP contribution in [0, 0.1) is 0 Å². The van der Waals surface area contributed by atoms with Gasteiger partial charge in [0.15, 0.2) is 17.5 Å². The molecule has 4 nitrogen and oxygen atoms in total. The average Bonchev–Trinajstić information content (AvgIpc) is 3.09. The van der Waals surface area contributed by atoms with Gasteiger partial charge in [-0.15, -0.1) is 0 Å². The van der Waals surface area contributed by atoms with E-state index in [-0.39, 0.29) is 5.91 Å². The summed E-state index contributed by atoms with van der Waals surface area (Å²) < 4.78 is 5.99. The molecule has 0 fully saturated rings. The van der Waals surface area contributed by atoms with E-state index in [1.165, 1.54) is 12.8 Å². The maximum atomic E-state index is 12.5. The number of aromatic nitrogens is 1. The average molecular weight is 348 g/mol. The molecule has 1 aromatic heterocycles. The molecule has 0 aliphatic heterocycles. The van der Waals surface area contributed by atoms with Crippen LogP contribution in [0.3, 0.4) is 0 Å². The number of nitrogens with zero attached hydrogens (tertiary/aromatic N) is 1. The number of unbranched alkanes of at least 4 members (excludes halogenated alkanes) is 3. The van der Waals surface area contributed by atoms with Gasteiger partial charge in [0.25, 0.3) is 5.91 Å². The summed E-state index contributed by atoms with van der Waals surface area (Å²) in [4.78, 5) is 17.1. The second-order valence-corrected chi connectivity index (χ2v) is 6.28. The SMILES string of the molecule is CCCCCCc1nc(NC(=O)c2ccccc2)c(-c2ccccc2)o1. The van der Waals surface area contributed by atoms with Crippen molar-refractivity contribution in [1.29, 1.82) is 0 Å². The first-order valence-electron chi connectivity index (χ1n) is 9.19. The van der Waals surface area contributed by atoms with Gasteiger partial charge in [-0.1, -0.05) is 74.7 Å². The lowest BCUT2D eigenvalue weighted by molar-refractivity contribution is 0.102. The monoisotopic (exact) mass is 348 g/mol. The number of nitrogens with one attached hydrogen (secondary N) is 1. The minimum atomic E-state index is -0.186. The van der Waals surface area contributed by atoms with Gasteiger partial charge in [-0.05, 0) is 18.6 Å². The van der Waals surface area contributed by atoms with Crippen molar-refractivity contribution >= 4 is 11.7 Å². The fourth-order valence-electron chi connectivity index (χ4n) is 2.81. The van der Waals surface area contributed by atoms with Crippen molar-refractivity contribution in [2.45, 2.75) is 39.0 Å². The van der Waals surface area contributed by atoms with E-state index in [2.05, 4.69) is 17.2 Å². The molecule has 1 N–H and O–H groups in total. The Labute approximate surface area is 154 Å². The van der Waals surface area contributed by atoms with E-state index in [9.17, 15) is 4.79 Å². The molecule has 2 aromatic carbocycles. The predicted octanol–water partition coefficient (Wildman–Crippen LogP) is 5.72. The second-order valence-electron chi connectivity index (χ2n) is 6.28. The number of anilines is 1. The molecule has 1 amide bonds. The normalized spacial score (nSPS) is 10.7. The smallest absolute Gasteiger partial charge is 0.256 e. The molecule has 0 aliphatic carbocycles. The summed E-state index contributed by atoms with van der Waals surface area (Å²) in [6.45, 7) is 2.19. The number of oxazole rings is 1. The molecule has 0 unspecified atom stereocenters. The van der Waals surface area contributed by atoms with Crippen molar-refractivity contribution in [3.63, 3.8) is 0 Å². The molecule has 3 rings (SSSR count). The summed E-state index contributed by atoms with van der Waals surface area (Å²) in [5, 5.41) is 2.90. The van der Waals surface area contributed by atoms with Crippen molar-refractivity contribution in [3.8, 4) is 11.3 Å². The van der Waals surface area contributed by atoms with Gasteiger partial charge in [0, 0.05) is 17.5 Å². The third-order valence-electron chi connectivity index (χ3n) is 4.22. The zero-order valence-corrected chi connectivity index (χ0v) is 15.1. The highest BCUT2D eigenvalue weighted by Gasteiger charge is 2.17. The molecule has 0 saturated heterocycles. The zero-order valence-electron chi connectivity index (χ0n) is 15.1. The highest BCUT2D eigenvalue weighted by molar-refractivity contribution is 6.05. The molecule has 0 aliphatic rings. The van der Waals surface area contributed by atoms with Crippen molar-refractivity contribution in [2.24, 2.45) is 0 Å². The van der Waals surface area contributed by atoms with Gasteiger partial charge in [0.05, 0.1) is 0 Å². The van der Waals surface area contributed by atoms with E-state index >= 15 is 0 Å². The van der Waals surface area contributed by atoms with E-state index in [4.69, 9.17) is 4.42 Å². The van der Waals surface area contributed by atoms with Gasteiger partial charge in [0.1, 0.15) is 0 Å². The molecule has 134 valence electrons. The summed E-state index contributed by atoms with van der Waals surface area (Å²) in [6.07, 6.45) is 5.38. The first-order valence-corrected chi connectivity index (χ1v) is 9.19. The van der Waals surface area contributed by atoms with Gasteiger partial charge in [-0.3, -0.25) is 4.79 Å². The largest absolute Gasteiger partial charge is 0.438 e. The molecule has 0 radical (unpaired) electrons. The van der Waals surface area contributed by atoms with E-state index in [1.54, 1.807) is 12.1 Å². The van der Waals surface area contributed by atoms with Crippen molar-refractivity contribution < 1.29 is 9.21 Å². The minimum absolute atomic E-state index is 0.186. The fourth-order valence-corrected chi connectivity index (χ4v) is 2.81. The summed E-state index contributed by atoms with van der Waals surface area (Å²) >= 11 is 0. The van der Waals surface area contributed by atoms with E-state index < -0.39 is 0 Å². The molecule has 4 heteroatoms. The molecule has 3 aromatic rings. The Morgan fingerprint density at radius 3 is 2.35 bits per heavy atom. The first-order chi connectivity index (χ1) is 12.8.